The molecule has 168 valence electrons. The number of hydrogen-bond donors (Lipinski definition) is 0. The molecule has 0 aromatic heterocycles. The van der Waals surface area contributed by atoms with Crippen LogP contribution < -0.4 is 9.47 Å². The van der Waals surface area contributed by atoms with Crippen molar-refractivity contribution in [2.45, 2.75) is 56.6 Å². The summed E-state index contributed by atoms with van der Waals surface area (Å²) in [7, 11) is 0. The number of carbonyl (C=O) groups is 2. The first-order valence-electron chi connectivity index (χ1n) is 10.4. The van der Waals surface area contributed by atoms with Crippen LogP contribution >= 0.6 is 31.9 Å². The number of carbonyl (C=O) groups excluding carboxylic acids is 2. The van der Waals surface area contributed by atoms with Gasteiger partial charge in [0.25, 0.3) is 0 Å². The van der Waals surface area contributed by atoms with Crippen molar-refractivity contribution in [1.29, 1.82) is 0 Å². The molecule has 2 atom stereocenters. The Balaban J connectivity index is 2.10. The van der Waals surface area contributed by atoms with Crippen LogP contribution in [0.25, 0.3) is 0 Å². The summed E-state index contributed by atoms with van der Waals surface area (Å²) in [6.07, 6.45) is 0. The van der Waals surface area contributed by atoms with Crippen LogP contribution in [0, 0.1) is 11.8 Å². The maximum absolute atomic E-state index is 12.1. The molecule has 31 heavy (non-hydrogen) atoms. The zero-order chi connectivity index (χ0) is 23.3. The minimum atomic E-state index is -0.336. The van der Waals surface area contributed by atoms with E-state index < -0.39 is 0 Å². The van der Waals surface area contributed by atoms with Gasteiger partial charge in [0.2, 0.25) is 0 Å². The van der Waals surface area contributed by atoms with Gasteiger partial charge < -0.3 is 9.47 Å². The molecule has 4 nitrogen and oxygen atoms in total. The summed E-state index contributed by atoms with van der Waals surface area (Å²) >= 11 is 6.74. The maximum atomic E-state index is 12.1. The fraction of sp³-hybridized carbons (Fsp3) is 0.440. The molecule has 2 rings (SSSR count). The van der Waals surface area contributed by atoms with E-state index in [-0.39, 0.29) is 38.8 Å². The van der Waals surface area contributed by atoms with Gasteiger partial charge in [0.15, 0.2) is 0 Å². The van der Waals surface area contributed by atoms with E-state index in [2.05, 4.69) is 45.7 Å². The van der Waals surface area contributed by atoms with E-state index in [1.54, 1.807) is 0 Å². The second-order valence-electron chi connectivity index (χ2n) is 8.81. The molecule has 0 fully saturated rings. The maximum Gasteiger partial charge on any atom is 0.325 e. The molecular weight excluding hydrogens is 524 g/mol. The van der Waals surface area contributed by atoms with E-state index in [4.69, 9.17) is 9.47 Å². The number of alkyl halides is 2. The first-order chi connectivity index (χ1) is 14.4. The molecule has 0 aliphatic carbocycles. The van der Waals surface area contributed by atoms with Gasteiger partial charge in [-0.05, 0) is 47.2 Å². The van der Waals surface area contributed by atoms with Crippen LogP contribution in [0.4, 0.5) is 0 Å². The Morgan fingerprint density at radius 2 is 0.968 bits per heavy atom. The third-order valence-electron chi connectivity index (χ3n) is 5.21. The van der Waals surface area contributed by atoms with E-state index in [0.717, 1.165) is 11.1 Å². The number of hydrogen-bond acceptors (Lipinski definition) is 4. The lowest BCUT2D eigenvalue weighted by molar-refractivity contribution is -0.135. The summed E-state index contributed by atoms with van der Waals surface area (Å²) in [5.74, 6) is 0.751. The zero-order valence-electron chi connectivity index (χ0n) is 18.8. The van der Waals surface area contributed by atoms with Crippen molar-refractivity contribution in [1.82, 2.24) is 0 Å². The SMILES string of the molecule is CC(C)[C@H](Br)C(=O)Oc1ccc(C(C)(C)c2ccc(OC(=O)[C@@H](Br)C(C)C)cc2)cc1. The van der Waals surface area contributed by atoms with Gasteiger partial charge in [0, 0.05) is 5.41 Å². The second-order valence-corrected chi connectivity index (χ2v) is 10.8. The number of halogens is 2. The lowest BCUT2D eigenvalue weighted by Gasteiger charge is -2.26. The second kappa shape index (κ2) is 10.8. The topological polar surface area (TPSA) is 52.6 Å². The number of rotatable bonds is 8. The summed E-state index contributed by atoms with van der Waals surface area (Å²) in [6.45, 7) is 12.1. The van der Waals surface area contributed by atoms with Crippen LogP contribution in [-0.4, -0.2) is 21.6 Å². The fourth-order valence-corrected chi connectivity index (χ4v) is 3.12. The molecule has 0 N–H and O–H groups in total. The molecular formula is C25H30Br2O4. The normalized spacial score (nSPS) is 13.7. The summed E-state index contributed by atoms with van der Waals surface area (Å²) in [6, 6.07) is 15.1. The highest BCUT2D eigenvalue weighted by Gasteiger charge is 2.25. The van der Waals surface area contributed by atoms with Crippen molar-refractivity contribution >= 4 is 43.8 Å². The molecule has 0 unspecified atom stereocenters. The molecule has 0 radical (unpaired) electrons. The van der Waals surface area contributed by atoms with Gasteiger partial charge in [-0.3, -0.25) is 9.59 Å². The van der Waals surface area contributed by atoms with Crippen molar-refractivity contribution < 1.29 is 19.1 Å². The van der Waals surface area contributed by atoms with Crippen molar-refractivity contribution in [3.8, 4) is 11.5 Å². The van der Waals surface area contributed by atoms with E-state index in [1.165, 1.54) is 0 Å². The minimum Gasteiger partial charge on any atom is -0.426 e. The Labute approximate surface area is 202 Å². The third kappa shape index (κ3) is 6.66. The van der Waals surface area contributed by atoms with Crippen LogP contribution in [-0.2, 0) is 15.0 Å². The van der Waals surface area contributed by atoms with Crippen molar-refractivity contribution in [2.75, 3.05) is 0 Å². The highest BCUT2D eigenvalue weighted by Crippen LogP contribution is 2.33. The number of benzene rings is 2. The molecule has 2 aromatic rings. The number of ether oxygens (including phenoxy) is 2. The highest BCUT2D eigenvalue weighted by molar-refractivity contribution is 9.10. The van der Waals surface area contributed by atoms with E-state index >= 15 is 0 Å². The quantitative estimate of drug-likeness (QED) is 0.208. The summed E-state index contributed by atoms with van der Waals surface area (Å²) in [4.78, 5) is 23.6. The molecule has 0 saturated heterocycles. The Hall–Kier alpha value is -1.66. The molecule has 2 aromatic carbocycles. The number of esters is 2. The monoisotopic (exact) mass is 552 g/mol. The fourth-order valence-electron chi connectivity index (χ4n) is 2.94. The predicted molar refractivity (Wildman–Crippen MR) is 131 cm³/mol. The molecule has 0 amide bonds. The third-order valence-corrected chi connectivity index (χ3v) is 8.07. The van der Waals surface area contributed by atoms with Gasteiger partial charge >= 0.3 is 11.9 Å². The average molecular weight is 554 g/mol. The van der Waals surface area contributed by atoms with Crippen molar-refractivity contribution in [2.24, 2.45) is 11.8 Å². The van der Waals surface area contributed by atoms with E-state index in [1.807, 2.05) is 76.2 Å². The van der Waals surface area contributed by atoms with E-state index in [9.17, 15) is 9.59 Å². The predicted octanol–water partition coefficient (Wildman–Crippen LogP) is 6.66. The van der Waals surface area contributed by atoms with Crippen molar-refractivity contribution in [3.05, 3.63) is 59.7 Å². The van der Waals surface area contributed by atoms with Gasteiger partial charge in [-0.15, -0.1) is 0 Å². The Morgan fingerprint density at radius 1 is 0.677 bits per heavy atom. The van der Waals surface area contributed by atoms with Crippen LogP contribution in [0.2, 0.25) is 0 Å². The Morgan fingerprint density at radius 3 is 1.23 bits per heavy atom. The molecule has 0 bridgehead atoms. The van der Waals surface area contributed by atoms with E-state index in [0.29, 0.717) is 11.5 Å². The summed E-state index contributed by atoms with van der Waals surface area (Å²) < 4.78 is 10.9. The minimum absolute atomic E-state index is 0.152. The molecule has 0 heterocycles. The largest absolute Gasteiger partial charge is 0.426 e. The molecule has 6 heteroatoms. The molecule has 0 aliphatic rings. The van der Waals surface area contributed by atoms with Gasteiger partial charge in [-0.2, -0.15) is 0 Å². The highest BCUT2D eigenvalue weighted by atomic mass is 79.9. The van der Waals surface area contributed by atoms with Crippen LogP contribution in [0.3, 0.4) is 0 Å². The molecule has 0 saturated carbocycles. The van der Waals surface area contributed by atoms with Crippen LogP contribution in [0.5, 0.6) is 11.5 Å². The molecule has 0 aliphatic heterocycles. The zero-order valence-corrected chi connectivity index (χ0v) is 22.0. The van der Waals surface area contributed by atoms with Gasteiger partial charge in [-0.1, -0.05) is 97.7 Å². The van der Waals surface area contributed by atoms with Gasteiger partial charge in [-0.25, -0.2) is 0 Å². The van der Waals surface area contributed by atoms with Gasteiger partial charge in [0.05, 0.1) is 0 Å². The van der Waals surface area contributed by atoms with Crippen LogP contribution in [0.1, 0.15) is 52.7 Å². The summed E-state index contributed by atoms with van der Waals surface area (Å²) in [5, 5.41) is 0. The smallest absolute Gasteiger partial charge is 0.325 e. The first-order valence-corrected chi connectivity index (χ1v) is 12.2. The Kier molecular flexibility index (Phi) is 8.90. The average Bonchev–Trinajstić information content (AvgIpc) is 2.73. The lowest BCUT2D eigenvalue weighted by atomic mass is 9.78. The van der Waals surface area contributed by atoms with Crippen molar-refractivity contribution in [3.63, 3.8) is 0 Å². The first kappa shape index (κ1) is 25.6. The summed E-state index contributed by atoms with van der Waals surface area (Å²) in [5.41, 5.74) is 1.88. The Bertz CT molecular complexity index is 813. The lowest BCUT2D eigenvalue weighted by Crippen LogP contribution is -2.25. The van der Waals surface area contributed by atoms with Crippen LogP contribution in [0.15, 0.2) is 48.5 Å². The molecule has 0 spiro atoms. The van der Waals surface area contributed by atoms with Gasteiger partial charge in [0.1, 0.15) is 21.2 Å². The standard InChI is InChI=1S/C25H30Br2O4/c1-15(2)21(26)23(28)30-19-11-7-17(8-12-19)25(5,6)18-9-13-20(14-10-18)31-24(29)22(27)16(3)4/h7-16,21-22H,1-6H3/t21-,22-/m0/s1.